The first-order valence-electron chi connectivity index (χ1n) is 6.48. The monoisotopic (exact) mass is 264 g/mol. The summed E-state index contributed by atoms with van der Waals surface area (Å²) in [7, 11) is 0. The van der Waals surface area contributed by atoms with Crippen LogP contribution in [0.2, 0.25) is 0 Å². The van der Waals surface area contributed by atoms with E-state index in [4.69, 9.17) is 5.73 Å². The number of alkyl halides is 3. The highest BCUT2D eigenvalue weighted by atomic mass is 19.4. The van der Waals surface area contributed by atoms with E-state index in [1.54, 1.807) is 0 Å². The number of carbonyl (C=O) groups excluding carboxylic acids is 1. The largest absolute Gasteiger partial charge is 0.411 e. The summed E-state index contributed by atoms with van der Waals surface area (Å²) in [6.07, 6.45) is -0.932. The van der Waals surface area contributed by atoms with Crippen LogP contribution < -0.4 is 11.1 Å². The molecule has 2 fully saturated rings. The molecule has 0 spiro atoms. The summed E-state index contributed by atoms with van der Waals surface area (Å²) in [4.78, 5) is 12.0. The van der Waals surface area contributed by atoms with Gasteiger partial charge in [-0.05, 0) is 38.1 Å². The molecule has 0 bridgehead atoms. The normalized spacial score (nSPS) is 30.9. The zero-order chi connectivity index (χ0) is 13.4. The van der Waals surface area contributed by atoms with Crippen LogP contribution >= 0.6 is 0 Å². The van der Waals surface area contributed by atoms with Gasteiger partial charge in [0.2, 0.25) is 5.91 Å². The first-order chi connectivity index (χ1) is 8.39. The molecule has 0 aromatic rings. The van der Waals surface area contributed by atoms with Crippen molar-refractivity contribution < 1.29 is 18.0 Å². The van der Waals surface area contributed by atoms with Gasteiger partial charge in [0.15, 0.2) is 0 Å². The van der Waals surface area contributed by atoms with Crippen molar-refractivity contribution in [3.8, 4) is 0 Å². The molecule has 0 radical (unpaired) electrons. The number of nitrogens with one attached hydrogen (secondary N) is 1. The highest BCUT2D eigenvalue weighted by Gasteiger charge is 2.64. The molecule has 18 heavy (non-hydrogen) atoms. The Morgan fingerprint density at radius 2 is 1.89 bits per heavy atom. The molecule has 3 N–H and O–H groups in total. The van der Waals surface area contributed by atoms with Crippen LogP contribution in [0, 0.1) is 11.8 Å². The standard InChI is InChI=1S/C12H19F3N2O/c13-12(14,15)11(5-6-11)17-10(18)9-4-2-1-3-8(9)7-16/h8-9H,1-7,16H2,(H,17,18). The molecule has 0 heterocycles. The Morgan fingerprint density at radius 1 is 1.28 bits per heavy atom. The Morgan fingerprint density at radius 3 is 2.39 bits per heavy atom. The lowest BCUT2D eigenvalue weighted by Gasteiger charge is -2.31. The van der Waals surface area contributed by atoms with Crippen molar-refractivity contribution >= 4 is 5.91 Å². The third-order valence-electron chi connectivity index (χ3n) is 4.20. The second-order valence-electron chi connectivity index (χ2n) is 5.46. The van der Waals surface area contributed by atoms with Crippen LogP contribution in [0.25, 0.3) is 0 Å². The summed E-state index contributed by atoms with van der Waals surface area (Å²) in [5, 5.41) is 2.22. The summed E-state index contributed by atoms with van der Waals surface area (Å²) >= 11 is 0. The Bertz CT molecular complexity index is 326. The van der Waals surface area contributed by atoms with Crippen LogP contribution in [-0.4, -0.2) is 24.2 Å². The predicted molar refractivity (Wildman–Crippen MR) is 60.7 cm³/mol. The molecule has 2 atom stereocenters. The van der Waals surface area contributed by atoms with Gasteiger partial charge < -0.3 is 11.1 Å². The van der Waals surface area contributed by atoms with Crippen LogP contribution in [0.1, 0.15) is 38.5 Å². The van der Waals surface area contributed by atoms with Gasteiger partial charge >= 0.3 is 6.18 Å². The van der Waals surface area contributed by atoms with Crippen molar-refractivity contribution in [3.05, 3.63) is 0 Å². The second-order valence-corrected chi connectivity index (χ2v) is 5.46. The zero-order valence-electron chi connectivity index (χ0n) is 10.2. The molecule has 0 aromatic heterocycles. The van der Waals surface area contributed by atoms with Crippen molar-refractivity contribution in [2.24, 2.45) is 17.6 Å². The third kappa shape index (κ3) is 2.48. The lowest BCUT2D eigenvalue weighted by atomic mass is 9.78. The van der Waals surface area contributed by atoms with Gasteiger partial charge in [0, 0.05) is 5.92 Å². The Hall–Kier alpha value is -0.780. The highest BCUT2D eigenvalue weighted by molar-refractivity contribution is 5.80. The molecule has 0 saturated heterocycles. The van der Waals surface area contributed by atoms with E-state index in [1.807, 2.05) is 0 Å². The minimum Gasteiger partial charge on any atom is -0.342 e. The van der Waals surface area contributed by atoms with Crippen molar-refractivity contribution in [1.82, 2.24) is 5.32 Å². The summed E-state index contributed by atoms with van der Waals surface area (Å²) < 4.78 is 38.3. The number of rotatable bonds is 3. The van der Waals surface area contributed by atoms with Gasteiger partial charge in [-0.1, -0.05) is 12.8 Å². The summed E-state index contributed by atoms with van der Waals surface area (Å²) in [5.41, 5.74) is 3.65. The summed E-state index contributed by atoms with van der Waals surface area (Å²) in [6.45, 7) is 0.372. The molecule has 2 saturated carbocycles. The lowest BCUT2D eigenvalue weighted by molar-refractivity contribution is -0.172. The molecule has 2 unspecified atom stereocenters. The van der Waals surface area contributed by atoms with Crippen molar-refractivity contribution in [2.45, 2.75) is 50.2 Å². The highest BCUT2D eigenvalue weighted by Crippen LogP contribution is 2.49. The number of carbonyl (C=O) groups is 1. The number of halogens is 3. The van der Waals surface area contributed by atoms with E-state index in [1.165, 1.54) is 0 Å². The average Bonchev–Trinajstić information content (AvgIpc) is 3.09. The van der Waals surface area contributed by atoms with Crippen LogP contribution in [0.15, 0.2) is 0 Å². The quantitative estimate of drug-likeness (QED) is 0.818. The Balaban J connectivity index is 1.99. The van der Waals surface area contributed by atoms with Crippen LogP contribution in [0.3, 0.4) is 0 Å². The molecular weight excluding hydrogens is 245 g/mol. The SMILES string of the molecule is NCC1CCCCC1C(=O)NC1(C(F)(F)F)CC1. The van der Waals surface area contributed by atoms with Crippen molar-refractivity contribution in [3.63, 3.8) is 0 Å². The average molecular weight is 264 g/mol. The molecular formula is C12H19F3N2O. The van der Waals surface area contributed by atoms with E-state index in [0.717, 1.165) is 19.3 Å². The Labute approximate surface area is 104 Å². The molecule has 0 aliphatic heterocycles. The van der Waals surface area contributed by atoms with E-state index in [2.05, 4.69) is 5.32 Å². The molecule has 2 rings (SSSR count). The molecule has 6 heteroatoms. The van der Waals surface area contributed by atoms with E-state index in [0.29, 0.717) is 13.0 Å². The molecule has 2 aliphatic carbocycles. The molecule has 1 amide bonds. The van der Waals surface area contributed by atoms with Crippen LogP contribution in [-0.2, 0) is 4.79 Å². The van der Waals surface area contributed by atoms with Gasteiger partial charge in [0.25, 0.3) is 0 Å². The summed E-state index contributed by atoms with van der Waals surface area (Å²) in [5.74, 6) is -0.772. The zero-order valence-corrected chi connectivity index (χ0v) is 10.2. The van der Waals surface area contributed by atoms with Gasteiger partial charge in [-0.3, -0.25) is 4.79 Å². The van der Waals surface area contributed by atoms with Gasteiger partial charge in [0.05, 0.1) is 0 Å². The number of hydrogen-bond donors (Lipinski definition) is 2. The van der Waals surface area contributed by atoms with Crippen LogP contribution in [0.5, 0.6) is 0 Å². The van der Waals surface area contributed by atoms with E-state index >= 15 is 0 Å². The molecule has 104 valence electrons. The maximum absolute atomic E-state index is 12.8. The van der Waals surface area contributed by atoms with Gasteiger partial charge in [-0.2, -0.15) is 13.2 Å². The van der Waals surface area contributed by atoms with Crippen molar-refractivity contribution in [2.75, 3.05) is 6.54 Å². The minimum absolute atomic E-state index is 0.00223. The second kappa shape index (κ2) is 4.72. The minimum atomic E-state index is -4.34. The molecule has 3 nitrogen and oxygen atoms in total. The predicted octanol–water partition coefficient (Wildman–Crippen LogP) is 1.96. The van der Waals surface area contributed by atoms with Crippen molar-refractivity contribution in [1.29, 1.82) is 0 Å². The smallest absolute Gasteiger partial charge is 0.342 e. The van der Waals surface area contributed by atoms with Gasteiger partial charge in [0.1, 0.15) is 5.54 Å². The Kier molecular flexibility index (Phi) is 3.58. The maximum Gasteiger partial charge on any atom is 0.411 e. The number of nitrogens with two attached hydrogens (primary N) is 1. The van der Waals surface area contributed by atoms with Gasteiger partial charge in [-0.25, -0.2) is 0 Å². The number of amides is 1. The van der Waals surface area contributed by atoms with E-state index < -0.39 is 17.6 Å². The van der Waals surface area contributed by atoms with E-state index in [-0.39, 0.29) is 24.7 Å². The molecule has 0 aromatic carbocycles. The fourth-order valence-electron chi connectivity index (χ4n) is 2.77. The fraction of sp³-hybridized carbons (Fsp3) is 0.917. The number of hydrogen-bond acceptors (Lipinski definition) is 2. The third-order valence-corrected chi connectivity index (χ3v) is 4.20. The fourth-order valence-corrected chi connectivity index (χ4v) is 2.77. The first-order valence-corrected chi connectivity index (χ1v) is 6.48. The summed E-state index contributed by atoms with van der Waals surface area (Å²) in [6, 6.07) is 0. The topological polar surface area (TPSA) is 55.1 Å². The van der Waals surface area contributed by atoms with E-state index in [9.17, 15) is 18.0 Å². The lowest BCUT2D eigenvalue weighted by Crippen LogP contribution is -2.51. The maximum atomic E-state index is 12.8. The van der Waals surface area contributed by atoms with Crippen LogP contribution in [0.4, 0.5) is 13.2 Å². The first kappa shape index (κ1) is 13.6. The molecule has 2 aliphatic rings. The van der Waals surface area contributed by atoms with Gasteiger partial charge in [-0.15, -0.1) is 0 Å².